The minimum absolute atomic E-state index is 0.607. The van der Waals surface area contributed by atoms with Crippen LogP contribution in [0.15, 0.2) is 11.4 Å². The van der Waals surface area contributed by atoms with E-state index in [0.717, 1.165) is 5.56 Å². The molecule has 0 aliphatic heterocycles. The maximum absolute atomic E-state index is 9.37. The summed E-state index contributed by atoms with van der Waals surface area (Å²) in [5.41, 5.74) is 0.904. The lowest BCUT2D eigenvalue weighted by Crippen LogP contribution is -1.89. The highest BCUT2D eigenvalue weighted by Crippen LogP contribution is 2.19. The minimum atomic E-state index is -0.607. The van der Waals surface area contributed by atoms with E-state index < -0.39 is 6.10 Å². The SMILES string of the molecule is CC#CC(O)c1csc(C)c1. The Bertz CT molecular complexity index is 290. The van der Waals surface area contributed by atoms with E-state index in [-0.39, 0.29) is 0 Å². The predicted octanol–water partition coefficient (Wildman–Crippen LogP) is 2.11. The molecule has 2 heteroatoms. The Morgan fingerprint density at radius 3 is 2.82 bits per heavy atom. The van der Waals surface area contributed by atoms with Crippen LogP contribution in [0.4, 0.5) is 0 Å². The zero-order valence-corrected chi connectivity index (χ0v) is 7.40. The van der Waals surface area contributed by atoms with Gasteiger partial charge in [-0.05, 0) is 25.3 Å². The lowest BCUT2D eigenvalue weighted by atomic mass is 10.2. The second-order valence-electron chi connectivity index (χ2n) is 2.29. The molecule has 0 amide bonds. The van der Waals surface area contributed by atoms with Gasteiger partial charge in [0.05, 0.1) is 0 Å². The van der Waals surface area contributed by atoms with Crippen LogP contribution < -0.4 is 0 Å². The number of aliphatic hydroxyl groups excluding tert-OH is 1. The summed E-state index contributed by atoms with van der Waals surface area (Å²) in [6, 6.07) is 1.96. The van der Waals surface area contributed by atoms with Gasteiger partial charge in [0, 0.05) is 10.4 Å². The smallest absolute Gasteiger partial charge is 0.141 e. The largest absolute Gasteiger partial charge is 0.376 e. The molecule has 11 heavy (non-hydrogen) atoms. The fraction of sp³-hybridized carbons (Fsp3) is 0.333. The third kappa shape index (κ3) is 2.07. The molecule has 0 saturated carbocycles. The summed E-state index contributed by atoms with van der Waals surface area (Å²) >= 11 is 1.63. The first-order valence-electron chi connectivity index (χ1n) is 3.39. The number of aliphatic hydroxyl groups is 1. The van der Waals surface area contributed by atoms with E-state index in [1.165, 1.54) is 4.88 Å². The Labute approximate surface area is 70.7 Å². The van der Waals surface area contributed by atoms with Gasteiger partial charge in [-0.25, -0.2) is 0 Å². The lowest BCUT2D eigenvalue weighted by Gasteiger charge is -1.96. The van der Waals surface area contributed by atoms with Crippen LogP contribution in [-0.4, -0.2) is 5.11 Å². The highest BCUT2D eigenvalue weighted by molar-refractivity contribution is 7.10. The molecular weight excluding hydrogens is 156 g/mol. The number of hydrogen-bond acceptors (Lipinski definition) is 2. The molecule has 0 aliphatic carbocycles. The normalized spacial score (nSPS) is 11.9. The van der Waals surface area contributed by atoms with Gasteiger partial charge in [-0.3, -0.25) is 0 Å². The van der Waals surface area contributed by atoms with Crippen molar-refractivity contribution in [1.82, 2.24) is 0 Å². The van der Waals surface area contributed by atoms with Crippen LogP contribution >= 0.6 is 11.3 Å². The molecule has 1 rings (SSSR count). The van der Waals surface area contributed by atoms with Gasteiger partial charge in [-0.2, -0.15) is 0 Å². The molecule has 1 aromatic heterocycles. The van der Waals surface area contributed by atoms with Gasteiger partial charge in [0.1, 0.15) is 6.10 Å². The van der Waals surface area contributed by atoms with Crippen molar-refractivity contribution in [2.75, 3.05) is 0 Å². The molecule has 0 bridgehead atoms. The standard InChI is InChI=1S/C9H10OS/c1-3-4-9(10)8-5-7(2)11-6-8/h5-6,9-10H,1-2H3. The number of aryl methyl sites for hydroxylation is 1. The van der Waals surface area contributed by atoms with Crippen molar-refractivity contribution in [2.45, 2.75) is 20.0 Å². The molecule has 1 nitrogen and oxygen atoms in total. The molecule has 0 radical (unpaired) electrons. The maximum Gasteiger partial charge on any atom is 0.141 e. The first kappa shape index (κ1) is 8.32. The van der Waals surface area contributed by atoms with Crippen LogP contribution in [0.2, 0.25) is 0 Å². The fourth-order valence-corrected chi connectivity index (χ4v) is 1.55. The topological polar surface area (TPSA) is 20.2 Å². The summed E-state index contributed by atoms with van der Waals surface area (Å²) < 4.78 is 0. The first-order valence-corrected chi connectivity index (χ1v) is 4.27. The van der Waals surface area contributed by atoms with E-state index in [1.54, 1.807) is 18.3 Å². The minimum Gasteiger partial charge on any atom is -0.376 e. The summed E-state index contributed by atoms with van der Waals surface area (Å²) in [5.74, 6) is 5.37. The molecule has 58 valence electrons. The molecule has 1 aromatic rings. The number of rotatable bonds is 1. The van der Waals surface area contributed by atoms with Crippen LogP contribution in [-0.2, 0) is 0 Å². The van der Waals surface area contributed by atoms with Gasteiger partial charge in [0.25, 0.3) is 0 Å². The average Bonchev–Trinajstić information content (AvgIpc) is 2.36. The van der Waals surface area contributed by atoms with Gasteiger partial charge in [-0.1, -0.05) is 5.92 Å². The highest BCUT2D eigenvalue weighted by atomic mass is 32.1. The van der Waals surface area contributed by atoms with Crippen LogP contribution in [0.25, 0.3) is 0 Å². The van der Waals surface area contributed by atoms with Crippen molar-refractivity contribution in [1.29, 1.82) is 0 Å². The molecule has 1 heterocycles. The molecule has 0 fully saturated rings. The monoisotopic (exact) mass is 166 g/mol. The molecule has 1 unspecified atom stereocenters. The van der Waals surface area contributed by atoms with E-state index in [9.17, 15) is 5.11 Å². The third-order valence-electron chi connectivity index (χ3n) is 1.35. The van der Waals surface area contributed by atoms with Gasteiger partial charge < -0.3 is 5.11 Å². The fourth-order valence-electron chi connectivity index (χ4n) is 0.827. The molecular formula is C9H10OS. The molecule has 0 aliphatic rings. The van der Waals surface area contributed by atoms with Crippen LogP contribution in [0, 0.1) is 18.8 Å². The van der Waals surface area contributed by atoms with Crippen molar-refractivity contribution in [3.63, 3.8) is 0 Å². The summed E-state index contributed by atoms with van der Waals surface area (Å²) in [5, 5.41) is 11.3. The number of thiophene rings is 1. The van der Waals surface area contributed by atoms with Gasteiger partial charge in [0.15, 0.2) is 0 Å². The Hall–Kier alpha value is -0.780. The van der Waals surface area contributed by atoms with E-state index in [0.29, 0.717) is 0 Å². The van der Waals surface area contributed by atoms with E-state index in [1.807, 2.05) is 18.4 Å². The average molecular weight is 166 g/mol. The Balaban J connectivity index is 2.81. The van der Waals surface area contributed by atoms with Crippen molar-refractivity contribution in [2.24, 2.45) is 0 Å². The van der Waals surface area contributed by atoms with Crippen molar-refractivity contribution in [3.05, 3.63) is 21.9 Å². The Morgan fingerprint density at radius 1 is 1.64 bits per heavy atom. The summed E-state index contributed by atoms with van der Waals surface area (Å²) in [6.45, 7) is 3.74. The molecule has 0 spiro atoms. The lowest BCUT2D eigenvalue weighted by molar-refractivity contribution is 0.239. The summed E-state index contributed by atoms with van der Waals surface area (Å²) in [7, 11) is 0. The Morgan fingerprint density at radius 2 is 2.36 bits per heavy atom. The zero-order chi connectivity index (χ0) is 8.27. The quantitative estimate of drug-likeness (QED) is 0.633. The van der Waals surface area contributed by atoms with E-state index in [4.69, 9.17) is 0 Å². The Kier molecular flexibility index (Phi) is 2.70. The van der Waals surface area contributed by atoms with E-state index >= 15 is 0 Å². The molecule has 0 saturated heterocycles. The van der Waals surface area contributed by atoms with Gasteiger partial charge in [0.2, 0.25) is 0 Å². The van der Waals surface area contributed by atoms with Gasteiger partial charge in [-0.15, -0.1) is 17.3 Å². The molecule has 1 N–H and O–H groups in total. The third-order valence-corrected chi connectivity index (χ3v) is 2.23. The summed E-state index contributed by atoms with van der Waals surface area (Å²) in [6.07, 6.45) is -0.607. The zero-order valence-electron chi connectivity index (χ0n) is 6.59. The van der Waals surface area contributed by atoms with Crippen LogP contribution in [0.3, 0.4) is 0 Å². The van der Waals surface area contributed by atoms with Crippen LogP contribution in [0.1, 0.15) is 23.5 Å². The second kappa shape index (κ2) is 3.56. The first-order chi connectivity index (χ1) is 5.24. The van der Waals surface area contributed by atoms with Crippen molar-refractivity contribution >= 4 is 11.3 Å². The molecule has 0 aromatic carbocycles. The summed E-state index contributed by atoms with van der Waals surface area (Å²) in [4.78, 5) is 1.21. The van der Waals surface area contributed by atoms with Crippen LogP contribution in [0.5, 0.6) is 0 Å². The highest BCUT2D eigenvalue weighted by Gasteiger charge is 2.03. The second-order valence-corrected chi connectivity index (χ2v) is 3.40. The maximum atomic E-state index is 9.37. The predicted molar refractivity (Wildman–Crippen MR) is 47.5 cm³/mol. The van der Waals surface area contributed by atoms with Crippen molar-refractivity contribution < 1.29 is 5.11 Å². The van der Waals surface area contributed by atoms with Crippen molar-refractivity contribution in [3.8, 4) is 11.8 Å². The van der Waals surface area contributed by atoms with E-state index in [2.05, 4.69) is 11.8 Å². The number of hydrogen-bond donors (Lipinski definition) is 1. The molecule has 1 atom stereocenters. The van der Waals surface area contributed by atoms with Gasteiger partial charge >= 0.3 is 0 Å².